The highest BCUT2D eigenvalue weighted by Gasteiger charge is 2.59. The summed E-state index contributed by atoms with van der Waals surface area (Å²) in [5.41, 5.74) is 2.46. The summed E-state index contributed by atoms with van der Waals surface area (Å²) in [5, 5.41) is 2.44. The van der Waals surface area contributed by atoms with E-state index in [-0.39, 0.29) is 12.1 Å². The first-order valence-corrected chi connectivity index (χ1v) is 19.2. The van der Waals surface area contributed by atoms with Crippen LogP contribution in [0.4, 0.5) is 0 Å². The normalized spacial score (nSPS) is 32.7. The molecular formula is C43H62O3. The van der Waals surface area contributed by atoms with E-state index in [1.54, 1.807) is 5.57 Å². The predicted octanol–water partition coefficient (Wildman–Crippen LogP) is 11.7. The summed E-state index contributed by atoms with van der Waals surface area (Å²) in [6.07, 6.45) is 20.4. The van der Waals surface area contributed by atoms with Gasteiger partial charge in [0, 0.05) is 12.8 Å². The summed E-state index contributed by atoms with van der Waals surface area (Å²) < 4.78 is 12.1. The van der Waals surface area contributed by atoms with E-state index in [0.717, 1.165) is 73.4 Å². The number of carbonyl (C=O) groups excluding carboxylic acids is 1. The van der Waals surface area contributed by atoms with Crippen molar-refractivity contribution in [2.45, 2.75) is 137 Å². The molecule has 3 fully saturated rings. The zero-order valence-corrected chi connectivity index (χ0v) is 29.7. The smallest absolute Gasteiger partial charge is 0.306 e. The molecule has 0 bridgehead atoms. The molecule has 0 N–H and O–H groups in total. The minimum absolute atomic E-state index is 0.00807. The number of hydrogen-bond donors (Lipinski definition) is 0. The molecule has 252 valence electrons. The SMILES string of the molecule is CC(C)CCC[C@@H](C)[C@H]1CC[C@H]2[C@@H]3CC=C4C[C@@H](OC(=O)CCCCCOc5ccc6ccccc6c5)CC[C@]4(C)[C@H]3CC[C@]12C. The van der Waals surface area contributed by atoms with Crippen LogP contribution in [-0.2, 0) is 9.53 Å². The second kappa shape index (κ2) is 14.4. The Morgan fingerprint density at radius 2 is 1.70 bits per heavy atom. The van der Waals surface area contributed by atoms with E-state index >= 15 is 0 Å². The van der Waals surface area contributed by atoms with Gasteiger partial charge in [-0.05, 0) is 133 Å². The fraction of sp³-hybridized carbons (Fsp3) is 0.698. The molecule has 0 heterocycles. The summed E-state index contributed by atoms with van der Waals surface area (Å²) in [5.74, 6) is 6.08. The van der Waals surface area contributed by atoms with Gasteiger partial charge in [-0.2, -0.15) is 0 Å². The number of esters is 1. The molecule has 3 saturated carbocycles. The monoisotopic (exact) mass is 626 g/mol. The number of carbonyl (C=O) groups is 1. The molecule has 2 aromatic rings. The van der Waals surface area contributed by atoms with E-state index < -0.39 is 0 Å². The average molecular weight is 627 g/mol. The third-order valence-corrected chi connectivity index (χ3v) is 13.6. The van der Waals surface area contributed by atoms with Crippen LogP contribution in [0.1, 0.15) is 131 Å². The fourth-order valence-corrected chi connectivity index (χ4v) is 11.0. The quantitative estimate of drug-likeness (QED) is 0.126. The van der Waals surface area contributed by atoms with Crippen molar-refractivity contribution in [3.8, 4) is 5.75 Å². The van der Waals surface area contributed by atoms with Gasteiger partial charge in [0.15, 0.2) is 0 Å². The van der Waals surface area contributed by atoms with Crippen LogP contribution in [0.15, 0.2) is 54.1 Å². The Labute approximate surface area is 280 Å². The molecule has 4 aliphatic carbocycles. The van der Waals surface area contributed by atoms with Crippen LogP contribution in [-0.4, -0.2) is 18.7 Å². The number of rotatable bonds is 13. The van der Waals surface area contributed by atoms with Gasteiger partial charge in [-0.1, -0.05) is 95.9 Å². The molecule has 46 heavy (non-hydrogen) atoms. The third-order valence-electron chi connectivity index (χ3n) is 13.6. The van der Waals surface area contributed by atoms with Crippen molar-refractivity contribution >= 4 is 16.7 Å². The lowest BCUT2D eigenvalue weighted by Gasteiger charge is -2.58. The second-order valence-corrected chi connectivity index (χ2v) is 16.8. The van der Waals surface area contributed by atoms with Gasteiger partial charge in [0.1, 0.15) is 11.9 Å². The lowest BCUT2D eigenvalue weighted by atomic mass is 9.47. The average Bonchev–Trinajstić information content (AvgIpc) is 3.40. The van der Waals surface area contributed by atoms with Crippen LogP contribution in [0.3, 0.4) is 0 Å². The first kappa shape index (κ1) is 33.6. The van der Waals surface area contributed by atoms with Crippen LogP contribution in [0.25, 0.3) is 10.8 Å². The summed E-state index contributed by atoms with van der Waals surface area (Å²) in [7, 11) is 0. The molecule has 2 aromatic carbocycles. The summed E-state index contributed by atoms with van der Waals surface area (Å²) in [6.45, 7) is 13.3. The lowest BCUT2D eigenvalue weighted by molar-refractivity contribution is -0.151. The first-order valence-electron chi connectivity index (χ1n) is 19.2. The molecule has 4 aliphatic rings. The Balaban J connectivity index is 0.941. The molecule has 0 unspecified atom stereocenters. The van der Waals surface area contributed by atoms with Gasteiger partial charge in [-0.25, -0.2) is 0 Å². The van der Waals surface area contributed by atoms with Gasteiger partial charge >= 0.3 is 5.97 Å². The van der Waals surface area contributed by atoms with Gasteiger partial charge in [0.25, 0.3) is 0 Å². The molecule has 0 aromatic heterocycles. The van der Waals surface area contributed by atoms with Crippen LogP contribution < -0.4 is 4.74 Å². The van der Waals surface area contributed by atoms with Crippen molar-refractivity contribution in [2.24, 2.45) is 46.3 Å². The molecule has 3 nitrogen and oxygen atoms in total. The highest BCUT2D eigenvalue weighted by Crippen LogP contribution is 2.67. The van der Waals surface area contributed by atoms with Crippen molar-refractivity contribution in [1.82, 2.24) is 0 Å². The van der Waals surface area contributed by atoms with Gasteiger partial charge in [-0.15, -0.1) is 0 Å². The molecule has 0 spiro atoms. The van der Waals surface area contributed by atoms with Crippen LogP contribution in [0.2, 0.25) is 0 Å². The zero-order valence-electron chi connectivity index (χ0n) is 29.7. The molecule has 6 rings (SSSR count). The lowest BCUT2D eigenvalue weighted by Crippen LogP contribution is -2.51. The van der Waals surface area contributed by atoms with Crippen molar-refractivity contribution in [3.05, 3.63) is 54.1 Å². The maximum Gasteiger partial charge on any atom is 0.306 e. The fourth-order valence-electron chi connectivity index (χ4n) is 11.0. The van der Waals surface area contributed by atoms with E-state index in [9.17, 15) is 4.79 Å². The van der Waals surface area contributed by atoms with Crippen molar-refractivity contribution < 1.29 is 14.3 Å². The van der Waals surface area contributed by atoms with Gasteiger partial charge < -0.3 is 9.47 Å². The molecule has 0 saturated heterocycles. The molecule has 0 amide bonds. The number of allylic oxidation sites excluding steroid dienone is 1. The minimum atomic E-state index is -0.00807. The van der Waals surface area contributed by atoms with Gasteiger partial charge in [0.05, 0.1) is 6.61 Å². The molecule has 8 atom stereocenters. The first-order chi connectivity index (χ1) is 22.2. The third kappa shape index (κ3) is 7.09. The second-order valence-electron chi connectivity index (χ2n) is 16.8. The Bertz CT molecular complexity index is 1360. The van der Waals surface area contributed by atoms with Crippen molar-refractivity contribution in [1.29, 1.82) is 0 Å². The minimum Gasteiger partial charge on any atom is -0.494 e. The predicted molar refractivity (Wildman–Crippen MR) is 191 cm³/mol. The van der Waals surface area contributed by atoms with E-state index in [1.807, 2.05) is 6.07 Å². The maximum atomic E-state index is 12.8. The van der Waals surface area contributed by atoms with Gasteiger partial charge in [-0.3, -0.25) is 4.79 Å². The highest BCUT2D eigenvalue weighted by atomic mass is 16.5. The standard InChI is InChI=1S/C43H62O3/c1-30(2)12-11-13-31(3)38-21-22-39-37-20-18-34-29-36(23-25-42(34,4)40(37)24-26-43(38,39)5)46-41(44)16-7-6-10-27-45-35-19-17-32-14-8-9-15-33(32)28-35/h8-9,14-15,17-19,28,30-31,36-40H,6-7,10-13,16,20-27,29H2,1-5H3/t31-,36+,37+,38-,39+,40+,42+,43-/m1/s1. The molecule has 3 heteroatoms. The summed E-state index contributed by atoms with van der Waals surface area (Å²) >= 11 is 0. The summed E-state index contributed by atoms with van der Waals surface area (Å²) in [4.78, 5) is 12.8. The van der Waals surface area contributed by atoms with Crippen molar-refractivity contribution in [3.63, 3.8) is 0 Å². The number of fused-ring (bicyclic) bond motifs is 6. The van der Waals surface area contributed by atoms with E-state index in [0.29, 0.717) is 23.9 Å². The van der Waals surface area contributed by atoms with Gasteiger partial charge in [0.2, 0.25) is 0 Å². The largest absolute Gasteiger partial charge is 0.494 e. The van der Waals surface area contributed by atoms with E-state index in [2.05, 4.69) is 77.1 Å². The van der Waals surface area contributed by atoms with Crippen LogP contribution >= 0.6 is 0 Å². The van der Waals surface area contributed by atoms with E-state index in [1.165, 1.54) is 68.6 Å². The molecular weight excluding hydrogens is 564 g/mol. The van der Waals surface area contributed by atoms with Crippen molar-refractivity contribution in [2.75, 3.05) is 6.61 Å². The molecule has 0 radical (unpaired) electrons. The topological polar surface area (TPSA) is 35.5 Å². The number of hydrogen-bond acceptors (Lipinski definition) is 3. The zero-order chi connectivity index (χ0) is 32.3. The highest BCUT2D eigenvalue weighted by molar-refractivity contribution is 5.83. The number of ether oxygens (including phenoxy) is 2. The van der Waals surface area contributed by atoms with E-state index in [4.69, 9.17) is 9.47 Å². The Kier molecular flexibility index (Phi) is 10.6. The Hall–Kier alpha value is -2.29. The summed E-state index contributed by atoms with van der Waals surface area (Å²) in [6, 6.07) is 14.6. The molecule has 0 aliphatic heterocycles. The Morgan fingerprint density at radius 3 is 2.52 bits per heavy atom. The maximum absolute atomic E-state index is 12.8. The Morgan fingerprint density at radius 1 is 0.870 bits per heavy atom. The number of unbranched alkanes of at least 4 members (excludes halogenated alkanes) is 2. The van der Waals surface area contributed by atoms with Crippen LogP contribution in [0.5, 0.6) is 5.75 Å². The number of benzene rings is 2. The van der Waals surface area contributed by atoms with Crippen LogP contribution in [0, 0.1) is 46.3 Å².